The summed E-state index contributed by atoms with van der Waals surface area (Å²) in [7, 11) is 0. The van der Waals surface area contributed by atoms with E-state index in [1.807, 2.05) is 26.0 Å². The number of carbonyl (C=O) groups is 1. The van der Waals surface area contributed by atoms with Gasteiger partial charge in [-0.1, -0.05) is 29.8 Å². The van der Waals surface area contributed by atoms with Crippen molar-refractivity contribution in [3.63, 3.8) is 0 Å². The summed E-state index contributed by atoms with van der Waals surface area (Å²) in [5.41, 5.74) is 3.07. The molecule has 18 heavy (non-hydrogen) atoms. The Morgan fingerprint density at radius 2 is 1.67 bits per heavy atom. The van der Waals surface area contributed by atoms with Crippen molar-refractivity contribution in [2.75, 3.05) is 0 Å². The Balaban J connectivity index is 2.55. The summed E-state index contributed by atoms with van der Waals surface area (Å²) in [5.74, 6) is -0.680. The average Bonchev–Trinajstić information content (AvgIpc) is 2.35. The molecule has 0 spiro atoms. The Kier molecular flexibility index (Phi) is 3.28. The van der Waals surface area contributed by atoms with E-state index in [-0.39, 0.29) is 11.3 Å². The maximum atomic E-state index is 13.9. The van der Waals surface area contributed by atoms with Crippen molar-refractivity contribution in [1.29, 1.82) is 0 Å². The number of ketones is 1. The van der Waals surface area contributed by atoms with Gasteiger partial charge in [0.25, 0.3) is 0 Å². The van der Waals surface area contributed by atoms with Crippen molar-refractivity contribution >= 4 is 5.78 Å². The highest BCUT2D eigenvalue weighted by Gasteiger charge is 2.16. The maximum Gasteiger partial charge on any atom is 0.196 e. The van der Waals surface area contributed by atoms with Crippen LogP contribution in [0.3, 0.4) is 0 Å². The van der Waals surface area contributed by atoms with Crippen LogP contribution in [0.25, 0.3) is 0 Å². The predicted octanol–water partition coefficient (Wildman–Crippen LogP) is 3.98. The first-order valence-electron chi connectivity index (χ1n) is 5.88. The summed E-state index contributed by atoms with van der Waals surface area (Å²) in [5, 5.41) is 0. The van der Waals surface area contributed by atoms with Crippen molar-refractivity contribution in [2.24, 2.45) is 0 Å². The molecule has 2 rings (SSSR count). The van der Waals surface area contributed by atoms with Crippen LogP contribution in [0.4, 0.5) is 4.39 Å². The van der Waals surface area contributed by atoms with E-state index in [4.69, 9.17) is 0 Å². The summed E-state index contributed by atoms with van der Waals surface area (Å²) in [4.78, 5) is 12.4. The zero-order valence-electron chi connectivity index (χ0n) is 10.8. The second kappa shape index (κ2) is 4.73. The SMILES string of the molecule is Cc1ccc(C)c(C(=O)c2cccc(C)c2F)c1. The number of aryl methyl sites for hydroxylation is 3. The molecule has 0 aliphatic rings. The van der Waals surface area contributed by atoms with E-state index in [0.29, 0.717) is 11.1 Å². The fourth-order valence-electron chi connectivity index (χ4n) is 1.95. The van der Waals surface area contributed by atoms with Gasteiger partial charge in [0.15, 0.2) is 5.78 Å². The molecule has 0 aliphatic heterocycles. The summed E-state index contributed by atoms with van der Waals surface area (Å²) in [6.07, 6.45) is 0. The van der Waals surface area contributed by atoms with Crippen LogP contribution in [0.2, 0.25) is 0 Å². The quantitative estimate of drug-likeness (QED) is 0.728. The smallest absolute Gasteiger partial charge is 0.196 e. The number of benzene rings is 2. The van der Waals surface area contributed by atoms with Gasteiger partial charge in [0.05, 0.1) is 5.56 Å². The molecule has 0 saturated heterocycles. The normalized spacial score (nSPS) is 10.4. The highest BCUT2D eigenvalue weighted by atomic mass is 19.1. The molecule has 2 aromatic rings. The van der Waals surface area contributed by atoms with Gasteiger partial charge < -0.3 is 0 Å². The van der Waals surface area contributed by atoms with Crippen molar-refractivity contribution < 1.29 is 9.18 Å². The highest BCUT2D eigenvalue weighted by molar-refractivity contribution is 6.10. The molecule has 1 nitrogen and oxygen atoms in total. The second-order valence-corrected chi connectivity index (χ2v) is 4.58. The Hall–Kier alpha value is -1.96. The minimum Gasteiger partial charge on any atom is -0.288 e. The molecular weight excluding hydrogens is 227 g/mol. The Morgan fingerprint density at radius 3 is 2.39 bits per heavy atom. The summed E-state index contributed by atoms with van der Waals surface area (Å²) in [6.45, 7) is 5.44. The summed E-state index contributed by atoms with van der Waals surface area (Å²) >= 11 is 0. The molecule has 2 heteroatoms. The predicted molar refractivity (Wildman–Crippen MR) is 70.5 cm³/mol. The molecule has 0 fully saturated rings. The number of rotatable bonds is 2. The van der Waals surface area contributed by atoms with E-state index in [9.17, 15) is 9.18 Å². The lowest BCUT2D eigenvalue weighted by atomic mass is 9.96. The molecule has 92 valence electrons. The largest absolute Gasteiger partial charge is 0.288 e. The molecule has 0 bridgehead atoms. The Morgan fingerprint density at radius 1 is 0.944 bits per heavy atom. The molecule has 0 heterocycles. The van der Waals surface area contributed by atoms with Crippen molar-refractivity contribution in [3.05, 3.63) is 70.0 Å². The van der Waals surface area contributed by atoms with Gasteiger partial charge in [0, 0.05) is 5.56 Å². The minimum absolute atomic E-state index is 0.142. The number of halogens is 1. The minimum atomic E-state index is -0.427. The standard InChI is InChI=1S/C16H15FO/c1-10-7-8-11(2)14(9-10)16(18)13-6-4-5-12(3)15(13)17/h4-9H,1-3H3. The number of hydrogen-bond donors (Lipinski definition) is 0. The topological polar surface area (TPSA) is 17.1 Å². The van der Waals surface area contributed by atoms with E-state index >= 15 is 0 Å². The lowest BCUT2D eigenvalue weighted by molar-refractivity contribution is 0.103. The van der Waals surface area contributed by atoms with Crippen LogP contribution in [0, 0.1) is 26.6 Å². The van der Waals surface area contributed by atoms with Gasteiger partial charge in [-0.25, -0.2) is 4.39 Å². The molecule has 0 saturated carbocycles. The molecule has 0 aromatic heterocycles. The van der Waals surface area contributed by atoms with Gasteiger partial charge in [0.2, 0.25) is 0 Å². The third-order valence-electron chi connectivity index (χ3n) is 3.07. The average molecular weight is 242 g/mol. The van der Waals surface area contributed by atoms with Crippen LogP contribution >= 0.6 is 0 Å². The monoisotopic (exact) mass is 242 g/mol. The van der Waals surface area contributed by atoms with E-state index in [1.165, 1.54) is 6.07 Å². The molecule has 0 unspecified atom stereocenters. The van der Waals surface area contributed by atoms with Crippen molar-refractivity contribution in [3.8, 4) is 0 Å². The van der Waals surface area contributed by atoms with E-state index in [1.54, 1.807) is 25.1 Å². The highest BCUT2D eigenvalue weighted by Crippen LogP contribution is 2.19. The van der Waals surface area contributed by atoms with Crippen molar-refractivity contribution in [1.82, 2.24) is 0 Å². The van der Waals surface area contributed by atoms with Gasteiger partial charge in [-0.3, -0.25) is 4.79 Å². The van der Waals surface area contributed by atoms with Crippen LogP contribution in [-0.4, -0.2) is 5.78 Å². The van der Waals surface area contributed by atoms with Gasteiger partial charge in [-0.05, 0) is 44.0 Å². The molecule has 0 aliphatic carbocycles. The molecule has 0 N–H and O–H groups in total. The van der Waals surface area contributed by atoms with Gasteiger partial charge in [0.1, 0.15) is 5.82 Å². The molecule has 0 radical (unpaired) electrons. The molecule has 0 amide bonds. The lowest BCUT2D eigenvalue weighted by Gasteiger charge is -2.08. The van der Waals surface area contributed by atoms with E-state index in [0.717, 1.165) is 11.1 Å². The first-order valence-corrected chi connectivity index (χ1v) is 5.88. The number of hydrogen-bond acceptors (Lipinski definition) is 1. The van der Waals surface area contributed by atoms with Crippen LogP contribution in [0.1, 0.15) is 32.6 Å². The molecular formula is C16H15FO. The van der Waals surface area contributed by atoms with Crippen molar-refractivity contribution in [2.45, 2.75) is 20.8 Å². The van der Waals surface area contributed by atoms with Gasteiger partial charge >= 0.3 is 0 Å². The molecule has 2 aromatic carbocycles. The second-order valence-electron chi connectivity index (χ2n) is 4.58. The van der Waals surface area contributed by atoms with E-state index in [2.05, 4.69) is 0 Å². The summed E-state index contributed by atoms with van der Waals surface area (Å²) < 4.78 is 13.9. The fourth-order valence-corrected chi connectivity index (χ4v) is 1.95. The van der Waals surface area contributed by atoms with Crippen LogP contribution < -0.4 is 0 Å². The number of carbonyl (C=O) groups excluding carboxylic acids is 1. The van der Waals surface area contributed by atoms with Crippen LogP contribution in [0.15, 0.2) is 36.4 Å². The molecule has 0 atom stereocenters. The Bertz CT molecular complexity index is 610. The first-order chi connectivity index (χ1) is 8.50. The van der Waals surface area contributed by atoms with Gasteiger partial charge in [-0.2, -0.15) is 0 Å². The third-order valence-corrected chi connectivity index (χ3v) is 3.07. The zero-order chi connectivity index (χ0) is 13.3. The third kappa shape index (κ3) is 2.19. The lowest BCUT2D eigenvalue weighted by Crippen LogP contribution is -2.07. The first kappa shape index (κ1) is 12.5. The van der Waals surface area contributed by atoms with Gasteiger partial charge in [-0.15, -0.1) is 0 Å². The van der Waals surface area contributed by atoms with Crippen LogP contribution in [-0.2, 0) is 0 Å². The van der Waals surface area contributed by atoms with E-state index < -0.39 is 5.82 Å². The zero-order valence-corrected chi connectivity index (χ0v) is 10.8. The fraction of sp³-hybridized carbons (Fsp3) is 0.188. The maximum absolute atomic E-state index is 13.9. The Labute approximate surface area is 106 Å². The van der Waals surface area contributed by atoms with Crippen LogP contribution in [0.5, 0.6) is 0 Å². The summed E-state index contributed by atoms with van der Waals surface area (Å²) in [6, 6.07) is 10.5.